The van der Waals surface area contributed by atoms with Gasteiger partial charge in [0.25, 0.3) is 5.91 Å². The van der Waals surface area contributed by atoms with Gasteiger partial charge in [0.1, 0.15) is 18.3 Å². The molecule has 3 fully saturated rings. The van der Waals surface area contributed by atoms with Crippen molar-refractivity contribution >= 4 is 5.91 Å². The molecule has 1 amide bonds. The number of piperidine rings is 1. The number of amides is 1. The van der Waals surface area contributed by atoms with Crippen LogP contribution in [0.15, 0.2) is 6.33 Å². The fourth-order valence-corrected chi connectivity index (χ4v) is 4.57. The Morgan fingerprint density at radius 3 is 2.65 bits per heavy atom. The Bertz CT molecular complexity index is 585. The van der Waals surface area contributed by atoms with Crippen LogP contribution >= 0.6 is 0 Å². The van der Waals surface area contributed by atoms with Crippen LogP contribution in [0.3, 0.4) is 0 Å². The highest BCUT2D eigenvalue weighted by molar-refractivity contribution is 5.81. The molecule has 1 saturated carbocycles. The predicted octanol–water partition coefficient (Wildman–Crippen LogP) is 2.04. The summed E-state index contributed by atoms with van der Waals surface area (Å²) in [4.78, 5) is 14.4. The monoisotopic (exact) mass is 361 g/mol. The molecule has 1 atom stereocenters. The van der Waals surface area contributed by atoms with Gasteiger partial charge in [-0.1, -0.05) is 19.3 Å². The Labute approximate surface area is 155 Å². The number of rotatable bonds is 5. The average Bonchev–Trinajstić information content (AvgIpc) is 3.39. The first-order valence-corrected chi connectivity index (χ1v) is 10.3. The first-order chi connectivity index (χ1) is 12.8. The number of hydrogen-bond acceptors (Lipinski definition) is 5. The van der Waals surface area contributed by atoms with Crippen LogP contribution in [0.4, 0.5) is 0 Å². The molecule has 1 aliphatic carbocycles. The molecule has 1 aromatic rings. The maximum Gasteiger partial charge on any atom is 0.251 e. The molecule has 0 radical (unpaired) electrons. The smallest absolute Gasteiger partial charge is 0.251 e. The first kappa shape index (κ1) is 17.9. The highest BCUT2D eigenvalue weighted by Gasteiger charge is 2.31. The third-order valence-corrected chi connectivity index (χ3v) is 6.18. The third kappa shape index (κ3) is 4.09. The summed E-state index contributed by atoms with van der Waals surface area (Å²) >= 11 is 0. The highest BCUT2D eigenvalue weighted by atomic mass is 16.5. The molecule has 2 saturated heterocycles. The second-order valence-corrected chi connectivity index (χ2v) is 7.93. The van der Waals surface area contributed by atoms with E-state index in [0.29, 0.717) is 12.1 Å². The summed E-state index contributed by atoms with van der Waals surface area (Å²) in [7, 11) is 0. The summed E-state index contributed by atoms with van der Waals surface area (Å²) in [6, 6.07) is 1.02. The summed E-state index contributed by atoms with van der Waals surface area (Å²) in [5, 5.41) is 12.1. The molecule has 0 bridgehead atoms. The van der Waals surface area contributed by atoms with Crippen molar-refractivity contribution in [3.8, 4) is 0 Å². The van der Waals surface area contributed by atoms with Crippen LogP contribution in [0.2, 0.25) is 0 Å². The summed E-state index contributed by atoms with van der Waals surface area (Å²) in [6.45, 7) is 3.15. The van der Waals surface area contributed by atoms with E-state index < -0.39 is 0 Å². The van der Waals surface area contributed by atoms with Crippen LogP contribution in [0.5, 0.6) is 0 Å². The van der Waals surface area contributed by atoms with Gasteiger partial charge in [0, 0.05) is 31.8 Å². The van der Waals surface area contributed by atoms with Gasteiger partial charge in [-0.15, -0.1) is 10.2 Å². The lowest BCUT2D eigenvalue weighted by molar-refractivity contribution is -0.142. The van der Waals surface area contributed by atoms with Crippen LogP contribution in [-0.4, -0.2) is 57.4 Å². The summed E-state index contributed by atoms with van der Waals surface area (Å²) < 4.78 is 7.82. The van der Waals surface area contributed by atoms with Gasteiger partial charge in [0.15, 0.2) is 0 Å². The lowest BCUT2D eigenvalue weighted by atomic mass is 9.95. The van der Waals surface area contributed by atoms with Gasteiger partial charge >= 0.3 is 0 Å². The minimum Gasteiger partial charge on any atom is -0.368 e. The Hall–Kier alpha value is -1.47. The molecular weight excluding hydrogens is 330 g/mol. The number of hydrogen-bond donors (Lipinski definition) is 1. The summed E-state index contributed by atoms with van der Waals surface area (Å²) in [5.41, 5.74) is 0. The van der Waals surface area contributed by atoms with Crippen molar-refractivity contribution in [3.63, 3.8) is 0 Å². The molecular formula is C19H31N5O2. The van der Waals surface area contributed by atoms with E-state index in [2.05, 4.69) is 20.1 Å². The van der Waals surface area contributed by atoms with E-state index in [-0.39, 0.29) is 12.0 Å². The standard InChI is InChI=1S/C19H31N5O2/c25-19(17-7-4-12-26-17)23-10-8-15(9-11-23)20-13-18-22-21-14-24(18)16-5-2-1-3-6-16/h14-17,20H,1-13H2. The molecule has 0 aromatic carbocycles. The molecule has 144 valence electrons. The fraction of sp³-hybridized carbons (Fsp3) is 0.842. The normalized spacial score (nSPS) is 25.7. The van der Waals surface area contributed by atoms with Gasteiger partial charge in [-0.2, -0.15) is 0 Å². The van der Waals surface area contributed by atoms with Gasteiger partial charge in [-0.25, -0.2) is 0 Å². The van der Waals surface area contributed by atoms with E-state index in [4.69, 9.17) is 4.74 Å². The molecule has 26 heavy (non-hydrogen) atoms. The largest absolute Gasteiger partial charge is 0.368 e. The zero-order valence-electron chi connectivity index (χ0n) is 15.6. The minimum absolute atomic E-state index is 0.187. The van der Waals surface area contributed by atoms with Crippen molar-refractivity contribution in [2.45, 2.75) is 82.5 Å². The third-order valence-electron chi connectivity index (χ3n) is 6.18. The number of nitrogens with one attached hydrogen (secondary N) is 1. The minimum atomic E-state index is -0.187. The molecule has 7 heteroatoms. The Kier molecular flexibility index (Phi) is 5.84. The Morgan fingerprint density at radius 2 is 1.92 bits per heavy atom. The molecule has 2 aliphatic heterocycles. The van der Waals surface area contributed by atoms with Crippen LogP contribution in [0.1, 0.15) is 69.7 Å². The van der Waals surface area contributed by atoms with Gasteiger partial charge in [-0.05, 0) is 38.5 Å². The predicted molar refractivity (Wildman–Crippen MR) is 97.6 cm³/mol. The van der Waals surface area contributed by atoms with E-state index >= 15 is 0 Å². The van der Waals surface area contributed by atoms with Crippen LogP contribution < -0.4 is 5.32 Å². The van der Waals surface area contributed by atoms with Crippen molar-refractivity contribution in [2.75, 3.05) is 19.7 Å². The molecule has 1 aromatic heterocycles. The number of nitrogens with zero attached hydrogens (tertiary/aromatic N) is 4. The maximum absolute atomic E-state index is 12.4. The zero-order chi connectivity index (χ0) is 17.8. The first-order valence-electron chi connectivity index (χ1n) is 10.3. The topological polar surface area (TPSA) is 72.3 Å². The van der Waals surface area contributed by atoms with E-state index in [1.807, 2.05) is 11.2 Å². The molecule has 3 aliphatic rings. The van der Waals surface area contributed by atoms with Crippen LogP contribution in [-0.2, 0) is 16.1 Å². The lowest BCUT2D eigenvalue weighted by Crippen LogP contribution is -2.48. The molecule has 4 rings (SSSR count). The number of aromatic nitrogens is 3. The zero-order valence-corrected chi connectivity index (χ0v) is 15.6. The summed E-state index contributed by atoms with van der Waals surface area (Å²) in [5.74, 6) is 1.24. The number of carbonyl (C=O) groups is 1. The Morgan fingerprint density at radius 1 is 1.12 bits per heavy atom. The van der Waals surface area contributed by atoms with E-state index in [0.717, 1.165) is 57.7 Å². The lowest BCUT2D eigenvalue weighted by Gasteiger charge is -2.33. The van der Waals surface area contributed by atoms with E-state index in [1.165, 1.54) is 32.1 Å². The quantitative estimate of drug-likeness (QED) is 0.869. The molecule has 3 heterocycles. The molecule has 1 unspecified atom stereocenters. The SMILES string of the molecule is O=C(C1CCCO1)N1CCC(NCc2nncn2C2CCCCC2)CC1. The summed E-state index contributed by atoms with van der Waals surface area (Å²) in [6.07, 6.45) is 12.1. The van der Waals surface area contributed by atoms with Crippen molar-refractivity contribution in [1.29, 1.82) is 0 Å². The molecule has 7 nitrogen and oxygen atoms in total. The van der Waals surface area contributed by atoms with Crippen molar-refractivity contribution in [1.82, 2.24) is 25.0 Å². The van der Waals surface area contributed by atoms with Crippen LogP contribution in [0.25, 0.3) is 0 Å². The number of carbonyl (C=O) groups excluding carboxylic acids is 1. The second-order valence-electron chi connectivity index (χ2n) is 7.93. The maximum atomic E-state index is 12.4. The average molecular weight is 361 g/mol. The Balaban J connectivity index is 1.24. The van der Waals surface area contributed by atoms with E-state index in [9.17, 15) is 4.79 Å². The van der Waals surface area contributed by atoms with Gasteiger partial charge in [0.2, 0.25) is 0 Å². The van der Waals surface area contributed by atoms with Crippen molar-refractivity contribution in [2.24, 2.45) is 0 Å². The number of ether oxygens (including phenoxy) is 1. The fourth-order valence-electron chi connectivity index (χ4n) is 4.57. The van der Waals surface area contributed by atoms with Gasteiger partial charge in [-0.3, -0.25) is 4.79 Å². The number of likely N-dealkylation sites (tertiary alicyclic amines) is 1. The van der Waals surface area contributed by atoms with Gasteiger partial charge < -0.3 is 19.5 Å². The van der Waals surface area contributed by atoms with Crippen molar-refractivity contribution < 1.29 is 9.53 Å². The molecule has 0 spiro atoms. The van der Waals surface area contributed by atoms with Crippen LogP contribution in [0, 0.1) is 0 Å². The second kappa shape index (κ2) is 8.48. The van der Waals surface area contributed by atoms with Gasteiger partial charge in [0.05, 0.1) is 6.54 Å². The highest BCUT2D eigenvalue weighted by Crippen LogP contribution is 2.28. The molecule has 1 N–H and O–H groups in total. The van der Waals surface area contributed by atoms with Crippen molar-refractivity contribution in [3.05, 3.63) is 12.2 Å². The van der Waals surface area contributed by atoms with E-state index in [1.54, 1.807) is 0 Å².